The van der Waals surface area contributed by atoms with Gasteiger partial charge in [0, 0.05) is 11.1 Å². The van der Waals surface area contributed by atoms with Crippen LogP contribution >= 0.6 is 0 Å². The quantitative estimate of drug-likeness (QED) is 0.186. The Balaban J connectivity index is 1.26. The van der Waals surface area contributed by atoms with Crippen LogP contribution in [0.3, 0.4) is 0 Å². The Bertz CT molecular complexity index is 1340. The van der Waals surface area contributed by atoms with Crippen LogP contribution in [-0.2, 0) is 6.42 Å². The van der Waals surface area contributed by atoms with E-state index in [2.05, 4.69) is 25.7 Å². The Morgan fingerprint density at radius 3 is 2.05 bits per heavy atom. The summed E-state index contributed by atoms with van der Waals surface area (Å²) in [6.45, 7) is 6.05. The first kappa shape index (κ1) is 28.5. The predicted molar refractivity (Wildman–Crippen MR) is 161 cm³/mol. The van der Waals surface area contributed by atoms with E-state index in [1.54, 1.807) is 42.5 Å². The molecule has 0 spiro atoms. The zero-order valence-electron chi connectivity index (χ0n) is 23.7. The first-order valence-corrected chi connectivity index (χ1v) is 15.2. The van der Waals surface area contributed by atoms with Gasteiger partial charge in [-0.1, -0.05) is 80.4 Å². The van der Waals surface area contributed by atoms with E-state index in [0.717, 1.165) is 55.1 Å². The average Bonchev–Trinajstić information content (AvgIpc) is 3.00. The first-order chi connectivity index (χ1) is 19.5. The van der Waals surface area contributed by atoms with Crippen molar-refractivity contribution in [1.82, 2.24) is 0 Å². The molecule has 3 aromatic rings. The molecule has 0 radical (unpaired) electrons. The normalized spacial score (nSPS) is 21.2. The van der Waals surface area contributed by atoms with Gasteiger partial charge in [-0.05, 0) is 109 Å². The second-order valence-corrected chi connectivity index (χ2v) is 11.8. The molecule has 1 fully saturated rings. The van der Waals surface area contributed by atoms with Crippen LogP contribution in [0.1, 0.15) is 82.3 Å². The van der Waals surface area contributed by atoms with Gasteiger partial charge in [0.25, 0.3) is 0 Å². The molecule has 210 valence electrons. The molecule has 3 aromatic carbocycles. The van der Waals surface area contributed by atoms with Gasteiger partial charge in [-0.15, -0.1) is 6.58 Å². The molecule has 2 aliphatic carbocycles. The number of hydrogen-bond donors (Lipinski definition) is 0. The van der Waals surface area contributed by atoms with Crippen molar-refractivity contribution in [2.24, 2.45) is 17.8 Å². The Labute approximate surface area is 238 Å². The molecule has 0 aromatic heterocycles. The summed E-state index contributed by atoms with van der Waals surface area (Å²) < 4.78 is 44.9. The highest BCUT2D eigenvalue weighted by molar-refractivity contribution is 5.74. The van der Waals surface area contributed by atoms with Gasteiger partial charge in [-0.25, -0.2) is 13.2 Å². The highest BCUT2D eigenvalue weighted by Crippen LogP contribution is 2.42. The van der Waals surface area contributed by atoms with Crippen LogP contribution in [0.25, 0.3) is 27.8 Å². The molecule has 0 N–H and O–H groups in total. The van der Waals surface area contributed by atoms with Gasteiger partial charge in [-0.3, -0.25) is 0 Å². The highest BCUT2D eigenvalue weighted by Gasteiger charge is 2.28. The zero-order valence-corrected chi connectivity index (χ0v) is 23.7. The summed E-state index contributed by atoms with van der Waals surface area (Å²) in [6, 6.07) is 15.9. The number of benzene rings is 3. The fourth-order valence-electron chi connectivity index (χ4n) is 6.75. The summed E-state index contributed by atoms with van der Waals surface area (Å²) in [7, 11) is 0. The minimum Gasteiger partial charge on any atom is -0.206 e. The topological polar surface area (TPSA) is 0 Å². The van der Waals surface area contributed by atoms with Crippen molar-refractivity contribution < 1.29 is 13.2 Å². The molecule has 0 aliphatic heterocycles. The lowest BCUT2D eigenvalue weighted by Crippen LogP contribution is -2.22. The van der Waals surface area contributed by atoms with Crippen LogP contribution in [0.4, 0.5) is 13.2 Å². The summed E-state index contributed by atoms with van der Waals surface area (Å²) >= 11 is 0. The van der Waals surface area contributed by atoms with Crippen LogP contribution < -0.4 is 0 Å². The van der Waals surface area contributed by atoms with Crippen molar-refractivity contribution in [2.75, 3.05) is 0 Å². The predicted octanol–water partition coefficient (Wildman–Crippen LogP) is 11.3. The summed E-state index contributed by atoms with van der Waals surface area (Å²) in [5.74, 6) is 0.411. The summed E-state index contributed by atoms with van der Waals surface area (Å²) in [5.41, 5.74) is 4.68. The summed E-state index contributed by atoms with van der Waals surface area (Å²) in [6.07, 6.45) is 16.3. The molecule has 1 saturated carbocycles. The van der Waals surface area contributed by atoms with E-state index in [0.29, 0.717) is 29.0 Å². The minimum absolute atomic E-state index is 0.232. The maximum Gasteiger partial charge on any atom is 0.166 e. The first-order valence-electron chi connectivity index (χ1n) is 15.2. The van der Waals surface area contributed by atoms with Crippen LogP contribution in [0.2, 0.25) is 0 Å². The smallest absolute Gasteiger partial charge is 0.166 e. The van der Waals surface area contributed by atoms with Crippen LogP contribution in [0.15, 0.2) is 73.3 Å². The highest BCUT2D eigenvalue weighted by atomic mass is 19.2. The van der Waals surface area contributed by atoms with Crippen molar-refractivity contribution in [1.29, 1.82) is 0 Å². The Morgan fingerprint density at radius 1 is 0.750 bits per heavy atom. The molecule has 1 unspecified atom stereocenters. The number of hydrogen-bond acceptors (Lipinski definition) is 0. The molecule has 1 atom stereocenters. The molecule has 0 nitrogen and oxygen atoms in total. The lowest BCUT2D eigenvalue weighted by molar-refractivity contribution is 0.212. The monoisotopic (exact) mass is 542 g/mol. The Hall–Kier alpha value is -3.07. The molecule has 0 amide bonds. The second-order valence-electron chi connectivity index (χ2n) is 11.8. The van der Waals surface area contributed by atoms with Crippen molar-refractivity contribution in [3.05, 3.63) is 102 Å². The average molecular weight is 543 g/mol. The third-order valence-corrected chi connectivity index (χ3v) is 9.33. The molecule has 3 heteroatoms. The SMILES string of the molecule is C=CC1CCC(C2CC=C(c3ccc(-c4ccc(-c5ccc(CCCCC)c(F)c5F)cc4)c(F)c3)CC2)CC1. The summed E-state index contributed by atoms with van der Waals surface area (Å²) in [5, 5.41) is 0. The number of unbranched alkanes of at least 4 members (excludes halogenated alkanes) is 2. The van der Waals surface area contributed by atoms with Gasteiger partial charge >= 0.3 is 0 Å². The van der Waals surface area contributed by atoms with Crippen molar-refractivity contribution in [3.63, 3.8) is 0 Å². The van der Waals surface area contributed by atoms with E-state index in [1.165, 1.54) is 37.7 Å². The molecule has 2 aliphatic rings. The number of halogens is 3. The van der Waals surface area contributed by atoms with Crippen LogP contribution in [0.5, 0.6) is 0 Å². The number of rotatable bonds is 9. The van der Waals surface area contributed by atoms with Gasteiger partial charge in [0.15, 0.2) is 11.6 Å². The summed E-state index contributed by atoms with van der Waals surface area (Å²) in [4.78, 5) is 0. The van der Waals surface area contributed by atoms with Gasteiger partial charge < -0.3 is 0 Å². The lowest BCUT2D eigenvalue weighted by atomic mass is 9.71. The zero-order chi connectivity index (χ0) is 28.1. The minimum atomic E-state index is -0.815. The van der Waals surface area contributed by atoms with E-state index < -0.39 is 11.6 Å². The van der Waals surface area contributed by atoms with E-state index in [4.69, 9.17) is 0 Å². The molecular weight excluding hydrogens is 501 g/mol. The largest absolute Gasteiger partial charge is 0.206 e. The van der Waals surface area contributed by atoms with Crippen molar-refractivity contribution >= 4 is 5.57 Å². The van der Waals surface area contributed by atoms with Gasteiger partial charge in [-0.2, -0.15) is 0 Å². The van der Waals surface area contributed by atoms with Crippen molar-refractivity contribution in [3.8, 4) is 22.3 Å². The third kappa shape index (κ3) is 6.29. The van der Waals surface area contributed by atoms with Gasteiger partial charge in [0.2, 0.25) is 0 Å². The van der Waals surface area contributed by atoms with E-state index in [9.17, 15) is 8.78 Å². The third-order valence-electron chi connectivity index (χ3n) is 9.33. The van der Waals surface area contributed by atoms with Gasteiger partial charge in [0.1, 0.15) is 5.82 Å². The maximum atomic E-state index is 15.3. The Kier molecular flexibility index (Phi) is 9.29. The molecule has 0 saturated heterocycles. The Morgan fingerprint density at radius 2 is 1.43 bits per heavy atom. The van der Waals surface area contributed by atoms with Gasteiger partial charge in [0.05, 0.1) is 0 Å². The fraction of sp³-hybridized carbons (Fsp3) is 0.405. The van der Waals surface area contributed by atoms with E-state index in [-0.39, 0.29) is 11.4 Å². The standard InChI is InChI=1S/C37H41F3/c1-3-5-6-7-31-20-23-34(37(40)36(31)39)30-18-16-29(17-19-30)33-22-21-32(24-35(33)38)28-14-12-27(13-15-28)26-10-8-25(4-2)9-11-26/h4,14,16-27H,2-3,5-13,15H2,1H3. The molecular formula is C37H41F3. The maximum absolute atomic E-state index is 15.3. The number of aryl methyl sites for hydroxylation is 1. The molecule has 40 heavy (non-hydrogen) atoms. The second kappa shape index (κ2) is 13.1. The fourth-order valence-corrected chi connectivity index (χ4v) is 6.75. The van der Waals surface area contributed by atoms with Crippen LogP contribution in [0, 0.1) is 35.2 Å². The lowest BCUT2D eigenvalue weighted by Gasteiger charge is -2.34. The molecule has 5 rings (SSSR count). The molecule has 0 heterocycles. The molecule has 0 bridgehead atoms. The van der Waals surface area contributed by atoms with Crippen molar-refractivity contribution in [2.45, 2.75) is 77.6 Å². The van der Waals surface area contributed by atoms with E-state index >= 15 is 4.39 Å². The number of allylic oxidation sites excluding steroid dienone is 3. The van der Waals surface area contributed by atoms with Crippen LogP contribution in [-0.4, -0.2) is 0 Å². The van der Waals surface area contributed by atoms with E-state index in [1.807, 2.05) is 12.1 Å².